The zero-order chi connectivity index (χ0) is 14.9. The number of methoxy groups -OCH3 is 1. The zero-order valence-corrected chi connectivity index (χ0v) is 12.7. The van der Waals surface area contributed by atoms with Gasteiger partial charge in [-0.1, -0.05) is 34.1 Å². The van der Waals surface area contributed by atoms with E-state index in [0.717, 1.165) is 24.4 Å². The summed E-state index contributed by atoms with van der Waals surface area (Å²) >= 11 is 0. The Morgan fingerprint density at radius 2 is 2.00 bits per heavy atom. The second kappa shape index (κ2) is 5.23. The summed E-state index contributed by atoms with van der Waals surface area (Å²) in [6, 6.07) is 3.61. The molecule has 0 atom stereocenters. The van der Waals surface area contributed by atoms with E-state index in [9.17, 15) is 4.79 Å². The lowest BCUT2D eigenvalue weighted by molar-refractivity contribution is 0.0600. The predicted octanol–water partition coefficient (Wildman–Crippen LogP) is 2.77. The van der Waals surface area contributed by atoms with Crippen LogP contribution in [0.25, 0.3) is 5.65 Å². The summed E-state index contributed by atoms with van der Waals surface area (Å²) in [5, 5.41) is 8.51. The highest BCUT2D eigenvalue weighted by Crippen LogP contribution is 2.24. The number of rotatable bonds is 3. The molecule has 20 heavy (non-hydrogen) atoms. The monoisotopic (exact) mass is 275 g/mol. The van der Waals surface area contributed by atoms with Crippen LogP contribution >= 0.6 is 0 Å². The van der Waals surface area contributed by atoms with Crippen molar-refractivity contribution < 1.29 is 9.53 Å². The van der Waals surface area contributed by atoms with Crippen molar-refractivity contribution >= 4 is 11.6 Å². The molecule has 0 aliphatic heterocycles. The normalized spacial score (nSPS) is 11.8. The smallest absolute Gasteiger partial charge is 0.338 e. The maximum atomic E-state index is 11.7. The van der Waals surface area contributed by atoms with E-state index in [0.29, 0.717) is 11.2 Å². The van der Waals surface area contributed by atoms with Crippen molar-refractivity contribution in [2.24, 2.45) is 0 Å². The topological polar surface area (TPSA) is 56.5 Å². The van der Waals surface area contributed by atoms with Crippen LogP contribution in [0.4, 0.5) is 0 Å². The van der Waals surface area contributed by atoms with E-state index in [-0.39, 0.29) is 11.4 Å². The summed E-state index contributed by atoms with van der Waals surface area (Å²) in [4.78, 5) is 11.7. The van der Waals surface area contributed by atoms with Gasteiger partial charge in [-0.05, 0) is 18.6 Å². The van der Waals surface area contributed by atoms with E-state index in [1.165, 1.54) is 7.11 Å². The molecule has 0 radical (unpaired) electrons. The van der Waals surface area contributed by atoms with Crippen LogP contribution in [0.1, 0.15) is 56.0 Å². The van der Waals surface area contributed by atoms with Gasteiger partial charge in [0, 0.05) is 11.1 Å². The van der Waals surface area contributed by atoms with Crippen LogP contribution in [0.2, 0.25) is 0 Å². The molecule has 0 saturated carbocycles. The van der Waals surface area contributed by atoms with Gasteiger partial charge in [0.1, 0.15) is 5.82 Å². The second-order valence-electron chi connectivity index (χ2n) is 5.94. The summed E-state index contributed by atoms with van der Waals surface area (Å²) < 4.78 is 6.85. The third-order valence-corrected chi connectivity index (χ3v) is 3.18. The molecular weight excluding hydrogens is 254 g/mol. The van der Waals surface area contributed by atoms with Crippen LogP contribution in [0.3, 0.4) is 0 Å². The van der Waals surface area contributed by atoms with E-state index in [1.807, 2.05) is 6.07 Å². The maximum Gasteiger partial charge on any atom is 0.338 e. The summed E-state index contributed by atoms with van der Waals surface area (Å²) in [6.45, 7) is 8.42. The molecule has 2 rings (SSSR count). The number of pyridine rings is 1. The number of aromatic nitrogens is 3. The molecule has 2 heterocycles. The highest BCUT2D eigenvalue weighted by molar-refractivity contribution is 5.90. The average molecular weight is 275 g/mol. The molecule has 0 spiro atoms. The first-order valence-electron chi connectivity index (χ1n) is 6.85. The van der Waals surface area contributed by atoms with Gasteiger partial charge in [-0.25, -0.2) is 4.79 Å². The molecule has 2 aromatic rings. The van der Waals surface area contributed by atoms with Crippen LogP contribution in [-0.4, -0.2) is 27.7 Å². The Hall–Kier alpha value is -1.91. The van der Waals surface area contributed by atoms with Gasteiger partial charge in [-0.2, -0.15) is 0 Å². The molecule has 5 heteroatoms. The number of fused-ring (bicyclic) bond motifs is 1. The highest BCUT2D eigenvalue weighted by atomic mass is 16.5. The lowest BCUT2D eigenvalue weighted by Gasteiger charge is -2.18. The van der Waals surface area contributed by atoms with Crippen molar-refractivity contribution in [1.29, 1.82) is 0 Å². The van der Waals surface area contributed by atoms with Crippen molar-refractivity contribution in [3.8, 4) is 0 Å². The SMILES string of the molecule is CCCc1cc(C(=O)OC)cc2nnc(C(C)(C)C)n12. The van der Waals surface area contributed by atoms with Crippen LogP contribution < -0.4 is 0 Å². The Labute approximate surface area is 119 Å². The second-order valence-corrected chi connectivity index (χ2v) is 5.94. The van der Waals surface area contributed by atoms with Gasteiger partial charge in [0.2, 0.25) is 0 Å². The van der Waals surface area contributed by atoms with E-state index < -0.39 is 0 Å². The lowest BCUT2D eigenvalue weighted by Crippen LogP contribution is -2.18. The maximum absolute atomic E-state index is 11.7. The number of carbonyl (C=O) groups is 1. The van der Waals surface area contributed by atoms with Crippen molar-refractivity contribution in [1.82, 2.24) is 14.6 Å². The highest BCUT2D eigenvalue weighted by Gasteiger charge is 2.23. The fourth-order valence-corrected chi connectivity index (χ4v) is 2.26. The fraction of sp³-hybridized carbons (Fsp3) is 0.533. The molecule has 0 aliphatic carbocycles. The third-order valence-electron chi connectivity index (χ3n) is 3.18. The lowest BCUT2D eigenvalue weighted by atomic mass is 9.95. The average Bonchev–Trinajstić information content (AvgIpc) is 2.82. The molecular formula is C15H21N3O2. The van der Waals surface area contributed by atoms with E-state index in [4.69, 9.17) is 4.74 Å². The molecule has 0 N–H and O–H groups in total. The molecule has 108 valence electrons. The minimum Gasteiger partial charge on any atom is -0.465 e. The molecule has 0 aliphatic rings. The van der Waals surface area contributed by atoms with E-state index in [1.54, 1.807) is 6.07 Å². The number of nitrogens with zero attached hydrogens (tertiary/aromatic N) is 3. The van der Waals surface area contributed by atoms with Gasteiger partial charge in [-0.3, -0.25) is 4.40 Å². The molecule has 0 aromatic carbocycles. The quantitative estimate of drug-likeness (QED) is 0.808. The first-order valence-corrected chi connectivity index (χ1v) is 6.85. The summed E-state index contributed by atoms with van der Waals surface area (Å²) in [7, 11) is 1.39. The zero-order valence-electron chi connectivity index (χ0n) is 12.7. The molecule has 5 nitrogen and oxygen atoms in total. The fourth-order valence-electron chi connectivity index (χ4n) is 2.26. The van der Waals surface area contributed by atoms with Crippen molar-refractivity contribution in [2.75, 3.05) is 7.11 Å². The van der Waals surface area contributed by atoms with Crippen molar-refractivity contribution in [3.63, 3.8) is 0 Å². The Balaban J connectivity index is 2.71. The van der Waals surface area contributed by atoms with Gasteiger partial charge < -0.3 is 4.74 Å². The predicted molar refractivity (Wildman–Crippen MR) is 77.0 cm³/mol. The summed E-state index contributed by atoms with van der Waals surface area (Å²) in [5.74, 6) is 0.567. The number of aryl methyl sites for hydroxylation is 1. The molecule has 0 fully saturated rings. The molecule has 0 bridgehead atoms. The van der Waals surface area contributed by atoms with Gasteiger partial charge in [0.25, 0.3) is 0 Å². The summed E-state index contributed by atoms with van der Waals surface area (Å²) in [6.07, 6.45) is 1.85. The van der Waals surface area contributed by atoms with Gasteiger partial charge in [0.05, 0.1) is 12.7 Å². The standard InChI is InChI=1S/C15H21N3O2/c1-6-7-11-8-10(13(19)20-5)9-12-16-17-14(18(11)12)15(2,3)4/h8-9H,6-7H2,1-5H3. The molecule has 0 saturated heterocycles. The minimum atomic E-state index is -0.342. The first kappa shape index (κ1) is 14.5. The summed E-state index contributed by atoms with van der Waals surface area (Å²) in [5.41, 5.74) is 2.16. The van der Waals surface area contributed by atoms with Crippen molar-refractivity contribution in [3.05, 3.63) is 29.2 Å². The molecule has 0 amide bonds. The van der Waals surface area contributed by atoms with Crippen LogP contribution in [0.15, 0.2) is 12.1 Å². The van der Waals surface area contributed by atoms with Gasteiger partial charge in [-0.15, -0.1) is 10.2 Å². The van der Waals surface area contributed by atoms with Crippen LogP contribution in [-0.2, 0) is 16.6 Å². The number of hydrogen-bond donors (Lipinski definition) is 0. The van der Waals surface area contributed by atoms with Gasteiger partial charge in [0.15, 0.2) is 5.65 Å². The molecule has 0 unspecified atom stereocenters. The van der Waals surface area contributed by atoms with Crippen LogP contribution in [0.5, 0.6) is 0 Å². The number of carbonyl (C=O) groups excluding carboxylic acids is 1. The Kier molecular flexibility index (Phi) is 3.79. The van der Waals surface area contributed by atoms with E-state index >= 15 is 0 Å². The van der Waals surface area contributed by atoms with E-state index in [2.05, 4.69) is 42.3 Å². The molecule has 2 aromatic heterocycles. The minimum absolute atomic E-state index is 0.102. The Morgan fingerprint density at radius 1 is 1.30 bits per heavy atom. The number of esters is 1. The number of ether oxygens (including phenoxy) is 1. The third kappa shape index (κ3) is 2.53. The first-order chi connectivity index (χ1) is 9.38. The Bertz CT molecular complexity index is 638. The largest absolute Gasteiger partial charge is 0.465 e. The van der Waals surface area contributed by atoms with Gasteiger partial charge >= 0.3 is 5.97 Å². The Morgan fingerprint density at radius 3 is 2.55 bits per heavy atom. The van der Waals surface area contributed by atoms with Crippen LogP contribution in [0, 0.1) is 0 Å². The number of hydrogen-bond acceptors (Lipinski definition) is 4. The van der Waals surface area contributed by atoms with Crippen molar-refractivity contribution in [2.45, 2.75) is 46.0 Å².